The fraction of sp³-hybridized carbons (Fsp3) is 0.353. The molecule has 9 heteroatoms. The van der Waals surface area contributed by atoms with Crippen molar-refractivity contribution in [1.29, 1.82) is 5.26 Å². The van der Waals surface area contributed by atoms with Gasteiger partial charge in [-0.05, 0) is 31.6 Å². The van der Waals surface area contributed by atoms with Crippen LogP contribution >= 0.6 is 0 Å². The number of ether oxygens (including phenoxy) is 1. The van der Waals surface area contributed by atoms with Crippen LogP contribution in [0.4, 0.5) is 5.69 Å². The van der Waals surface area contributed by atoms with Gasteiger partial charge in [0, 0.05) is 25.6 Å². The van der Waals surface area contributed by atoms with Crippen LogP contribution in [0, 0.1) is 21.4 Å². The summed E-state index contributed by atoms with van der Waals surface area (Å²) in [5.41, 5.74) is -0.825. The number of phenols is 1. The standard InChI is InChI=1S/C17H19N3O6/c1-4-15(22)26-16-13(20(24)25)8-11(9-14(16)21)7-12(10-18)17(23)19(5-2)6-3/h7-9,21H,4-6H2,1-3H3/b12-7+. The molecule has 0 heterocycles. The minimum absolute atomic E-state index is 0.0325. The summed E-state index contributed by atoms with van der Waals surface area (Å²) in [5, 5.41) is 30.4. The third kappa shape index (κ3) is 4.80. The lowest BCUT2D eigenvalue weighted by atomic mass is 10.1. The Hall–Kier alpha value is -3.41. The van der Waals surface area contributed by atoms with Crippen LogP contribution in [0.2, 0.25) is 0 Å². The average Bonchev–Trinajstić information content (AvgIpc) is 2.61. The number of carbonyl (C=O) groups is 2. The van der Waals surface area contributed by atoms with E-state index in [4.69, 9.17) is 4.74 Å². The maximum atomic E-state index is 12.3. The number of phenolic OH excluding ortho intramolecular Hbond substituents is 1. The van der Waals surface area contributed by atoms with Crippen LogP contribution in [0.25, 0.3) is 6.08 Å². The Bertz CT molecular complexity index is 790. The summed E-state index contributed by atoms with van der Waals surface area (Å²) in [6.07, 6.45) is 1.11. The molecule has 1 N–H and O–H groups in total. The number of rotatable bonds is 7. The minimum Gasteiger partial charge on any atom is -0.504 e. The van der Waals surface area contributed by atoms with Crippen LogP contribution in [0.15, 0.2) is 17.7 Å². The summed E-state index contributed by atoms with van der Waals surface area (Å²) >= 11 is 0. The van der Waals surface area contributed by atoms with Crippen molar-refractivity contribution in [3.63, 3.8) is 0 Å². The van der Waals surface area contributed by atoms with Crippen LogP contribution < -0.4 is 4.74 Å². The molecule has 1 aromatic rings. The highest BCUT2D eigenvalue weighted by Crippen LogP contribution is 2.38. The lowest BCUT2D eigenvalue weighted by molar-refractivity contribution is -0.385. The topological polar surface area (TPSA) is 134 Å². The number of nitro groups is 1. The number of likely N-dealkylation sites (N-methyl/N-ethyl adjacent to an activating group) is 1. The van der Waals surface area contributed by atoms with Gasteiger partial charge in [0.2, 0.25) is 5.75 Å². The molecule has 1 amide bonds. The van der Waals surface area contributed by atoms with E-state index in [2.05, 4.69) is 0 Å². The maximum Gasteiger partial charge on any atom is 0.316 e. The van der Waals surface area contributed by atoms with Crippen molar-refractivity contribution in [3.05, 3.63) is 33.4 Å². The van der Waals surface area contributed by atoms with Gasteiger partial charge in [-0.2, -0.15) is 5.26 Å². The zero-order valence-corrected chi connectivity index (χ0v) is 14.7. The Morgan fingerprint density at radius 1 is 1.35 bits per heavy atom. The lowest BCUT2D eigenvalue weighted by Crippen LogP contribution is -2.31. The van der Waals surface area contributed by atoms with Gasteiger partial charge in [-0.3, -0.25) is 19.7 Å². The van der Waals surface area contributed by atoms with Crippen LogP contribution in [0.3, 0.4) is 0 Å². The summed E-state index contributed by atoms with van der Waals surface area (Å²) in [7, 11) is 0. The van der Waals surface area contributed by atoms with Gasteiger partial charge in [-0.25, -0.2) is 0 Å². The third-order valence-corrected chi connectivity index (χ3v) is 3.49. The fourth-order valence-corrected chi connectivity index (χ4v) is 2.12. The van der Waals surface area contributed by atoms with Crippen LogP contribution in [0.1, 0.15) is 32.8 Å². The molecule has 0 saturated carbocycles. The van der Waals surface area contributed by atoms with Crippen LogP contribution in [0.5, 0.6) is 11.5 Å². The zero-order valence-electron chi connectivity index (χ0n) is 14.7. The average molecular weight is 361 g/mol. The highest BCUT2D eigenvalue weighted by atomic mass is 16.6. The molecule has 1 aromatic carbocycles. The number of nitro benzene ring substituents is 1. The van der Waals surface area contributed by atoms with E-state index in [-0.39, 0.29) is 17.6 Å². The fourth-order valence-electron chi connectivity index (χ4n) is 2.12. The number of amides is 1. The summed E-state index contributed by atoms with van der Waals surface area (Å²) in [6.45, 7) is 5.80. The van der Waals surface area contributed by atoms with Crippen molar-refractivity contribution >= 4 is 23.6 Å². The molecule has 26 heavy (non-hydrogen) atoms. The number of carbonyl (C=O) groups excluding carboxylic acids is 2. The van der Waals surface area contributed by atoms with E-state index in [1.54, 1.807) is 19.9 Å². The van der Waals surface area contributed by atoms with Gasteiger partial charge in [0.25, 0.3) is 5.91 Å². The van der Waals surface area contributed by atoms with E-state index in [0.717, 1.165) is 18.2 Å². The first kappa shape index (κ1) is 20.6. The number of esters is 1. The first-order chi connectivity index (χ1) is 12.3. The summed E-state index contributed by atoms with van der Waals surface area (Å²) < 4.78 is 4.80. The van der Waals surface area contributed by atoms with Gasteiger partial charge in [-0.1, -0.05) is 6.92 Å². The highest BCUT2D eigenvalue weighted by Gasteiger charge is 2.24. The number of aromatic hydroxyl groups is 1. The van der Waals surface area contributed by atoms with Gasteiger partial charge in [0.05, 0.1) is 4.92 Å². The predicted octanol–water partition coefficient (Wildman–Crippen LogP) is 2.39. The van der Waals surface area contributed by atoms with Gasteiger partial charge in [0.1, 0.15) is 11.6 Å². The van der Waals surface area contributed by atoms with E-state index in [0.29, 0.717) is 13.1 Å². The number of hydrogen-bond donors (Lipinski definition) is 1. The van der Waals surface area contributed by atoms with E-state index < -0.39 is 34.0 Å². The number of benzene rings is 1. The monoisotopic (exact) mass is 361 g/mol. The van der Waals surface area contributed by atoms with Gasteiger partial charge in [-0.15, -0.1) is 0 Å². The molecule has 0 saturated heterocycles. The predicted molar refractivity (Wildman–Crippen MR) is 92.2 cm³/mol. The van der Waals surface area contributed by atoms with Gasteiger partial charge >= 0.3 is 11.7 Å². The Kier molecular flexibility index (Phi) is 7.28. The van der Waals surface area contributed by atoms with E-state index in [9.17, 15) is 30.1 Å². The van der Waals surface area contributed by atoms with Crippen molar-refractivity contribution < 1.29 is 24.4 Å². The molecule has 9 nitrogen and oxygen atoms in total. The maximum absolute atomic E-state index is 12.3. The Morgan fingerprint density at radius 2 is 1.96 bits per heavy atom. The minimum atomic E-state index is -0.826. The molecular formula is C17H19N3O6. The Labute approximate surface area is 150 Å². The molecule has 0 radical (unpaired) electrons. The van der Waals surface area contributed by atoms with Crippen LogP contribution in [-0.2, 0) is 9.59 Å². The van der Waals surface area contributed by atoms with E-state index in [1.807, 2.05) is 0 Å². The molecule has 0 aromatic heterocycles. The first-order valence-electron chi connectivity index (χ1n) is 7.92. The molecular weight excluding hydrogens is 342 g/mol. The normalized spacial score (nSPS) is 10.8. The largest absolute Gasteiger partial charge is 0.504 e. The van der Waals surface area contributed by atoms with Crippen molar-refractivity contribution in [2.75, 3.05) is 13.1 Å². The van der Waals surface area contributed by atoms with Crippen LogP contribution in [-0.4, -0.2) is 39.9 Å². The first-order valence-corrected chi connectivity index (χ1v) is 7.92. The van der Waals surface area contributed by atoms with Gasteiger partial charge < -0.3 is 14.7 Å². The summed E-state index contributed by atoms with van der Waals surface area (Å²) in [6, 6.07) is 3.86. The van der Waals surface area contributed by atoms with Crippen molar-refractivity contribution in [3.8, 4) is 17.6 Å². The molecule has 0 unspecified atom stereocenters. The van der Waals surface area contributed by atoms with E-state index >= 15 is 0 Å². The number of hydrogen-bond acceptors (Lipinski definition) is 7. The second-order valence-corrected chi connectivity index (χ2v) is 5.12. The third-order valence-electron chi connectivity index (χ3n) is 3.49. The second kappa shape index (κ2) is 9.17. The van der Waals surface area contributed by atoms with Crippen molar-refractivity contribution in [2.45, 2.75) is 27.2 Å². The summed E-state index contributed by atoms with van der Waals surface area (Å²) in [4.78, 5) is 35.5. The zero-order chi connectivity index (χ0) is 19.9. The molecule has 0 bridgehead atoms. The molecule has 0 aliphatic rings. The second-order valence-electron chi connectivity index (χ2n) is 5.12. The number of nitrogens with zero attached hydrogens (tertiary/aromatic N) is 3. The molecule has 0 fully saturated rings. The molecule has 0 aliphatic carbocycles. The Morgan fingerprint density at radius 3 is 2.42 bits per heavy atom. The molecule has 0 atom stereocenters. The highest BCUT2D eigenvalue weighted by molar-refractivity contribution is 6.01. The smallest absolute Gasteiger partial charge is 0.316 e. The SMILES string of the molecule is CCC(=O)Oc1c(O)cc(/C=C(\C#N)C(=O)N(CC)CC)cc1[N+](=O)[O-]. The van der Waals surface area contributed by atoms with Crippen molar-refractivity contribution in [2.24, 2.45) is 0 Å². The molecule has 138 valence electrons. The van der Waals surface area contributed by atoms with E-state index in [1.165, 1.54) is 11.8 Å². The summed E-state index contributed by atoms with van der Waals surface area (Å²) in [5.74, 6) is -2.49. The molecule has 0 spiro atoms. The molecule has 1 rings (SSSR count). The van der Waals surface area contributed by atoms with Gasteiger partial charge in [0.15, 0.2) is 5.75 Å². The molecule has 0 aliphatic heterocycles. The number of nitriles is 1. The Balaban J connectivity index is 3.41. The van der Waals surface area contributed by atoms with Crippen molar-refractivity contribution in [1.82, 2.24) is 4.90 Å². The quantitative estimate of drug-likeness (QED) is 0.197. The lowest BCUT2D eigenvalue weighted by Gasteiger charge is -2.17.